The van der Waals surface area contributed by atoms with Crippen molar-refractivity contribution < 1.29 is 46.4 Å². The highest BCUT2D eigenvalue weighted by molar-refractivity contribution is 7.89. The Morgan fingerprint density at radius 2 is 1.13 bits per heavy atom. The minimum absolute atomic E-state index is 0.0122. The lowest BCUT2D eigenvalue weighted by molar-refractivity contribution is 0.0155. The van der Waals surface area contributed by atoms with E-state index in [4.69, 9.17) is 51.6 Å². The van der Waals surface area contributed by atoms with E-state index in [2.05, 4.69) is 37.8 Å². The maximum Gasteiger partial charge on any atom is 0.319 e. The van der Waals surface area contributed by atoms with E-state index < -0.39 is 16.1 Å². The number of halogens is 2. The zero-order valence-corrected chi connectivity index (χ0v) is 36.6. The molecule has 332 valence electrons. The standard InChI is InChI=1S/C41H58Cl2N6O10S/c1-3-15-54-19-23-58-24-20-55-16-12-44-40(50)47-33-6-8-34(9-7-33)48-41(51)45-13-17-56-21-25-59-26-22-57-18-14-46-60(52,53)35-10-4-31(5-11-35)37-29-49(2)30-38-36(37)27-32(42)28-39(38)43/h4-11,27-28,37,46H,3,12-26,29-30H2,1-2H3,(H2,44,47,50)(H2,45,48,51). The molecule has 1 unspecified atom stereocenters. The van der Waals surface area contributed by atoms with Crippen molar-refractivity contribution in [3.8, 4) is 0 Å². The smallest absolute Gasteiger partial charge is 0.319 e. The number of sulfonamides is 1. The molecule has 0 fully saturated rings. The van der Waals surface area contributed by atoms with Crippen LogP contribution in [0.2, 0.25) is 10.0 Å². The summed E-state index contributed by atoms with van der Waals surface area (Å²) in [6.07, 6.45) is 0.981. The summed E-state index contributed by atoms with van der Waals surface area (Å²) in [5, 5.41) is 12.1. The summed E-state index contributed by atoms with van der Waals surface area (Å²) >= 11 is 12.8. The number of anilines is 2. The Balaban J connectivity index is 0.959. The number of hydrogen-bond donors (Lipinski definition) is 5. The van der Waals surface area contributed by atoms with E-state index in [0.29, 0.717) is 80.8 Å². The number of carbonyl (C=O) groups is 2. The Morgan fingerprint density at radius 3 is 1.63 bits per heavy atom. The van der Waals surface area contributed by atoms with Gasteiger partial charge in [-0.05, 0) is 78.7 Å². The van der Waals surface area contributed by atoms with Gasteiger partial charge in [0.15, 0.2) is 0 Å². The fourth-order valence-corrected chi connectivity index (χ4v) is 7.61. The number of hydrogen-bond acceptors (Lipinski definition) is 11. The number of amides is 4. The van der Waals surface area contributed by atoms with Gasteiger partial charge in [-0.2, -0.15) is 0 Å². The average Bonchev–Trinajstić information content (AvgIpc) is 3.22. The van der Waals surface area contributed by atoms with Gasteiger partial charge in [-0.1, -0.05) is 42.3 Å². The van der Waals surface area contributed by atoms with E-state index in [9.17, 15) is 18.0 Å². The van der Waals surface area contributed by atoms with Gasteiger partial charge < -0.3 is 54.6 Å². The van der Waals surface area contributed by atoms with E-state index in [-0.39, 0.29) is 49.8 Å². The van der Waals surface area contributed by atoms with Crippen molar-refractivity contribution in [1.29, 1.82) is 0 Å². The van der Waals surface area contributed by atoms with Crippen LogP contribution >= 0.6 is 23.2 Å². The zero-order valence-electron chi connectivity index (χ0n) is 34.3. The predicted molar refractivity (Wildman–Crippen MR) is 232 cm³/mol. The summed E-state index contributed by atoms with van der Waals surface area (Å²) in [6.45, 7) is 9.08. The highest BCUT2D eigenvalue weighted by Gasteiger charge is 2.27. The van der Waals surface area contributed by atoms with Gasteiger partial charge in [0.2, 0.25) is 10.0 Å². The number of likely N-dealkylation sites (N-methyl/N-ethyl adjacent to an activating group) is 1. The molecular formula is C41H58Cl2N6O10S. The van der Waals surface area contributed by atoms with Gasteiger partial charge in [0.25, 0.3) is 0 Å². The first-order valence-corrected chi connectivity index (χ1v) is 22.2. The molecule has 19 heteroatoms. The molecule has 4 amide bonds. The fraction of sp³-hybridized carbons (Fsp3) is 0.512. The second kappa shape index (κ2) is 27.4. The lowest BCUT2D eigenvalue weighted by atomic mass is 9.85. The summed E-state index contributed by atoms with van der Waals surface area (Å²) < 4.78 is 61.0. The first kappa shape index (κ1) is 49.1. The topological polar surface area (TPSA) is 187 Å². The lowest BCUT2D eigenvalue weighted by Crippen LogP contribution is -2.32. The van der Waals surface area contributed by atoms with Crippen molar-refractivity contribution in [2.24, 2.45) is 0 Å². The quantitative estimate of drug-likeness (QED) is 0.0596. The minimum Gasteiger partial charge on any atom is -0.379 e. The van der Waals surface area contributed by atoms with E-state index in [1.807, 2.05) is 25.2 Å². The van der Waals surface area contributed by atoms with Crippen LogP contribution in [-0.2, 0) is 45.0 Å². The van der Waals surface area contributed by atoms with Gasteiger partial charge in [-0.15, -0.1) is 0 Å². The summed E-state index contributed by atoms with van der Waals surface area (Å²) in [7, 11) is -1.70. The minimum atomic E-state index is -3.72. The molecule has 4 rings (SSSR count). The van der Waals surface area contributed by atoms with Crippen LogP contribution in [0.25, 0.3) is 0 Å². The number of nitrogens with zero attached hydrogens (tertiary/aromatic N) is 1. The highest BCUT2D eigenvalue weighted by atomic mass is 35.5. The summed E-state index contributed by atoms with van der Waals surface area (Å²) in [5.74, 6) is 0.0122. The van der Waals surface area contributed by atoms with E-state index in [1.54, 1.807) is 42.5 Å². The van der Waals surface area contributed by atoms with E-state index >= 15 is 0 Å². The largest absolute Gasteiger partial charge is 0.379 e. The van der Waals surface area contributed by atoms with Gasteiger partial charge in [0, 0.05) is 66.7 Å². The highest BCUT2D eigenvalue weighted by Crippen LogP contribution is 2.38. The summed E-state index contributed by atoms with van der Waals surface area (Å²) in [6, 6.07) is 16.5. The Kier molecular flexibility index (Phi) is 22.4. The molecule has 5 N–H and O–H groups in total. The second-order valence-corrected chi connectivity index (χ2v) is 16.3. The molecule has 0 aliphatic carbocycles. The maximum atomic E-state index is 12.9. The molecule has 16 nitrogen and oxygen atoms in total. The lowest BCUT2D eigenvalue weighted by Gasteiger charge is -2.33. The molecule has 0 radical (unpaired) electrons. The summed E-state index contributed by atoms with van der Waals surface area (Å²) in [4.78, 5) is 26.7. The van der Waals surface area contributed by atoms with Crippen LogP contribution in [0.4, 0.5) is 21.0 Å². The van der Waals surface area contributed by atoms with E-state index in [0.717, 1.165) is 42.8 Å². The van der Waals surface area contributed by atoms with Gasteiger partial charge >= 0.3 is 12.1 Å². The molecule has 3 aromatic rings. The van der Waals surface area contributed by atoms with Crippen LogP contribution in [0.5, 0.6) is 0 Å². The Morgan fingerprint density at radius 1 is 0.667 bits per heavy atom. The molecule has 0 saturated heterocycles. The van der Waals surface area contributed by atoms with Gasteiger partial charge in [0.1, 0.15) is 0 Å². The number of rotatable bonds is 28. The summed E-state index contributed by atoms with van der Waals surface area (Å²) in [5.41, 5.74) is 4.19. The van der Waals surface area contributed by atoms with Gasteiger partial charge in [-0.3, -0.25) is 0 Å². The van der Waals surface area contributed by atoms with Crippen LogP contribution in [-0.4, -0.2) is 138 Å². The normalized spacial score (nSPS) is 14.1. The van der Waals surface area contributed by atoms with Crippen LogP contribution in [0.15, 0.2) is 65.6 Å². The molecule has 1 atom stereocenters. The van der Waals surface area contributed by atoms with Crippen molar-refractivity contribution in [1.82, 2.24) is 20.3 Å². The first-order valence-electron chi connectivity index (χ1n) is 20.0. The number of urea groups is 2. The average molecular weight is 898 g/mol. The van der Waals surface area contributed by atoms with Crippen molar-refractivity contribution >= 4 is 56.7 Å². The van der Waals surface area contributed by atoms with Crippen LogP contribution in [0, 0.1) is 0 Å². The molecule has 0 spiro atoms. The van der Waals surface area contributed by atoms with Crippen LogP contribution in [0.1, 0.15) is 36.0 Å². The van der Waals surface area contributed by atoms with Crippen molar-refractivity contribution in [3.05, 3.63) is 87.4 Å². The third-order valence-electron chi connectivity index (χ3n) is 8.92. The molecule has 1 aliphatic rings. The Labute approximate surface area is 363 Å². The molecule has 0 aromatic heterocycles. The number of ether oxygens (including phenoxy) is 6. The maximum absolute atomic E-state index is 12.9. The fourth-order valence-electron chi connectivity index (χ4n) is 6.03. The zero-order chi connectivity index (χ0) is 43.0. The second-order valence-electron chi connectivity index (χ2n) is 13.7. The molecule has 0 saturated carbocycles. The van der Waals surface area contributed by atoms with Crippen LogP contribution < -0.4 is 26.0 Å². The molecular weight excluding hydrogens is 839 g/mol. The number of benzene rings is 3. The third kappa shape index (κ3) is 18.2. The monoisotopic (exact) mass is 896 g/mol. The number of carbonyl (C=O) groups excluding carboxylic acids is 2. The number of fused-ring (bicyclic) bond motifs is 1. The first-order chi connectivity index (χ1) is 29.1. The SMILES string of the molecule is CCCOCCOCCOCCNC(=O)Nc1ccc(NC(=O)NCCOCCOCCOCCNS(=O)(=O)c2ccc(C3CN(C)Cc4c(Cl)cc(Cl)cc43)cc2)cc1. The van der Waals surface area contributed by atoms with Gasteiger partial charge in [0.05, 0.1) is 77.6 Å². The Hall–Kier alpha value is -3.59. The molecule has 1 heterocycles. The van der Waals surface area contributed by atoms with E-state index in [1.165, 1.54) is 0 Å². The molecule has 1 aliphatic heterocycles. The predicted octanol–water partition coefficient (Wildman–Crippen LogP) is 5.30. The molecule has 60 heavy (non-hydrogen) atoms. The van der Waals surface area contributed by atoms with Crippen molar-refractivity contribution in [2.45, 2.75) is 30.7 Å². The molecule has 3 aromatic carbocycles. The van der Waals surface area contributed by atoms with Crippen molar-refractivity contribution in [2.75, 3.05) is 123 Å². The van der Waals surface area contributed by atoms with Gasteiger partial charge in [-0.25, -0.2) is 22.7 Å². The Bertz CT molecular complexity index is 1840. The third-order valence-corrected chi connectivity index (χ3v) is 11.0. The number of nitrogens with one attached hydrogen (secondary N) is 5. The van der Waals surface area contributed by atoms with Crippen LogP contribution in [0.3, 0.4) is 0 Å². The molecule has 0 bridgehead atoms. The van der Waals surface area contributed by atoms with Crippen molar-refractivity contribution in [3.63, 3.8) is 0 Å².